The Labute approximate surface area is 275 Å². The van der Waals surface area contributed by atoms with Crippen molar-refractivity contribution in [2.24, 2.45) is 68.2 Å². The van der Waals surface area contributed by atoms with Gasteiger partial charge in [0.1, 0.15) is 13.2 Å². The standard InChI is InChI=1S/C37H57NO8/c1-21-18-44-37(42-9,27(21)19-41-8)32(46-25(5)40)23(3)31-29(45-24(4)39)17-34(7)30-12-11-26-22(2)28(38-43-10)13-14-35(26)20-36(30,35)16-15-33(31,34)6/h13-14,21-23,26-27,29-32H,11-12,15-20H2,1-10H3/b38-28+/t21?,22-,23-,26-,27?,29-,30-,31-,32+,33+,34-,35+,36-,37?/m0/s1. The molecular formula is C37H57NO8. The Balaban J connectivity index is 1.40. The van der Waals surface area contributed by atoms with Gasteiger partial charge in [-0.05, 0) is 84.0 Å². The van der Waals surface area contributed by atoms with E-state index in [9.17, 15) is 9.59 Å². The molecule has 1 aliphatic heterocycles. The SMILES string of the molecule is COCC1C(C)COC1(OC)[C@H](OC(C)=O)[C@@H](C)[C@H]1[C@@H](OC(C)=O)C[C@@]2(C)[C@@H]3CC[C@H]4[C@H](C)/C(=N/OC)C=C[C@@]45C[C@@]35CC[C@]12C. The first-order valence-electron chi connectivity index (χ1n) is 17.5. The topological polar surface area (TPSA) is 102 Å². The highest BCUT2D eigenvalue weighted by Gasteiger charge is 2.82. The summed E-state index contributed by atoms with van der Waals surface area (Å²) in [5.41, 5.74) is 1.24. The van der Waals surface area contributed by atoms with Crippen molar-refractivity contribution in [3.05, 3.63) is 12.2 Å². The second-order valence-electron chi connectivity index (χ2n) is 16.3. The second kappa shape index (κ2) is 11.6. The number of oxime groups is 1. The number of methoxy groups -OCH3 is 2. The monoisotopic (exact) mass is 643 g/mol. The number of fused-ring (bicyclic) bond motifs is 2. The molecule has 9 heteroatoms. The lowest BCUT2D eigenvalue weighted by molar-refractivity contribution is -0.293. The molecule has 0 N–H and O–H groups in total. The number of carbonyl (C=O) groups is 2. The molecule has 4 saturated carbocycles. The van der Waals surface area contributed by atoms with E-state index in [0.717, 1.165) is 37.8 Å². The molecule has 0 aromatic heterocycles. The van der Waals surface area contributed by atoms with Crippen LogP contribution < -0.4 is 0 Å². The maximum Gasteiger partial charge on any atom is 0.303 e. The van der Waals surface area contributed by atoms with E-state index in [4.69, 9.17) is 28.5 Å². The summed E-state index contributed by atoms with van der Waals surface area (Å²) in [4.78, 5) is 30.8. The molecule has 3 unspecified atom stereocenters. The van der Waals surface area contributed by atoms with Crippen LogP contribution in [0.2, 0.25) is 0 Å². The van der Waals surface area contributed by atoms with Crippen LogP contribution in [-0.2, 0) is 38.1 Å². The molecule has 0 bridgehead atoms. The molecule has 0 aromatic carbocycles. The lowest BCUT2D eigenvalue weighted by Crippen LogP contribution is -2.60. The third-order valence-corrected chi connectivity index (χ3v) is 14.7. The molecule has 2 spiro atoms. The minimum atomic E-state index is -1.17. The van der Waals surface area contributed by atoms with E-state index >= 15 is 0 Å². The zero-order valence-electron chi connectivity index (χ0n) is 29.7. The van der Waals surface area contributed by atoms with Gasteiger partial charge in [0.15, 0.2) is 6.10 Å². The lowest BCUT2D eigenvalue weighted by atomic mass is 9.43. The smallest absolute Gasteiger partial charge is 0.303 e. The zero-order valence-corrected chi connectivity index (χ0v) is 29.7. The Hall–Kier alpha value is -1.97. The van der Waals surface area contributed by atoms with Gasteiger partial charge in [0, 0.05) is 51.7 Å². The number of rotatable bonds is 9. The van der Waals surface area contributed by atoms with Crippen LogP contribution in [0.1, 0.15) is 87.0 Å². The van der Waals surface area contributed by atoms with Gasteiger partial charge in [-0.2, -0.15) is 0 Å². The molecule has 6 rings (SSSR count). The van der Waals surface area contributed by atoms with Crippen LogP contribution in [0.4, 0.5) is 0 Å². The van der Waals surface area contributed by atoms with Crippen molar-refractivity contribution < 1.29 is 38.1 Å². The molecule has 46 heavy (non-hydrogen) atoms. The first kappa shape index (κ1) is 33.9. The summed E-state index contributed by atoms with van der Waals surface area (Å²) in [6, 6.07) is 0. The Morgan fingerprint density at radius 2 is 1.80 bits per heavy atom. The van der Waals surface area contributed by atoms with Gasteiger partial charge in [-0.15, -0.1) is 0 Å². The molecule has 0 radical (unpaired) electrons. The fourth-order valence-electron chi connectivity index (χ4n) is 12.8. The number of carbonyl (C=O) groups excluding carboxylic acids is 2. The molecule has 9 nitrogen and oxygen atoms in total. The number of hydrogen-bond donors (Lipinski definition) is 0. The van der Waals surface area contributed by atoms with E-state index in [0.29, 0.717) is 31.0 Å². The van der Waals surface area contributed by atoms with Crippen molar-refractivity contribution in [2.75, 3.05) is 34.5 Å². The highest BCUT2D eigenvalue weighted by Crippen LogP contribution is 2.87. The second-order valence-corrected chi connectivity index (χ2v) is 16.3. The van der Waals surface area contributed by atoms with Crippen LogP contribution in [0.3, 0.4) is 0 Å². The number of nitrogens with zero attached hydrogens (tertiary/aromatic N) is 1. The first-order valence-corrected chi connectivity index (χ1v) is 17.5. The van der Waals surface area contributed by atoms with Gasteiger partial charge in [0.05, 0.1) is 18.9 Å². The van der Waals surface area contributed by atoms with Crippen LogP contribution in [-0.4, -0.2) is 70.2 Å². The van der Waals surface area contributed by atoms with Crippen LogP contribution in [0, 0.1) is 63.1 Å². The van der Waals surface area contributed by atoms with E-state index < -0.39 is 11.9 Å². The minimum Gasteiger partial charge on any atom is -0.462 e. The van der Waals surface area contributed by atoms with E-state index in [-0.39, 0.29) is 63.4 Å². The van der Waals surface area contributed by atoms with Crippen molar-refractivity contribution in [1.82, 2.24) is 0 Å². The quantitative estimate of drug-likeness (QED) is 0.216. The third kappa shape index (κ3) is 4.45. The van der Waals surface area contributed by atoms with E-state index in [1.54, 1.807) is 21.3 Å². The number of ether oxygens (including phenoxy) is 5. The average molecular weight is 644 g/mol. The van der Waals surface area contributed by atoms with Gasteiger partial charge in [-0.1, -0.05) is 45.9 Å². The normalized spacial score (nSPS) is 49.3. The van der Waals surface area contributed by atoms with Crippen molar-refractivity contribution >= 4 is 17.7 Å². The molecule has 14 atom stereocenters. The molecule has 258 valence electrons. The van der Waals surface area contributed by atoms with E-state index in [1.165, 1.54) is 20.3 Å². The van der Waals surface area contributed by atoms with Crippen molar-refractivity contribution in [3.63, 3.8) is 0 Å². The third-order valence-electron chi connectivity index (χ3n) is 14.7. The Kier molecular flexibility index (Phi) is 8.54. The van der Waals surface area contributed by atoms with Crippen LogP contribution >= 0.6 is 0 Å². The highest BCUT2D eigenvalue weighted by molar-refractivity contribution is 5.97. The molecule has 1 saturated heterocycles. The molecule has 5 fully saturated rings. The Bertz CT molecular complexity index is 1280. The molecule has 5 aliphatic carbocycles. The predicted molar refractivity (Wildman–Crippen MR) is 172 cm³/mol. The maximum atomic E-state index is 12.8. The molecule has 1 heterocycles. The predicted octanol–water partition coefficient (Wildman–Crippen LogP) is 6.19. The van der Waals surface area contributed by atoms with Crippen LogP contribution in [0.25, 0.3) is 0 Å². The van der Waals surface area contributed by atoms with Crippen LogP contribution in [0.15, 0.2) is 17.3 Å². The molecule has 6 aliphatic rings. The number of esters is 2. The highest BCUT2D eigenvalue weighted by atomic mass is 16.7. The number of allylic oxidation sites excluding steroid dienone is 2. The fraction of sp³-hybridized carbons (Fsp3) is 0.865. The van der Waals surface area contributed by atoms with Gasteiger partial charge in [0.25, 0.3) is 0 Å². The van der Waals surface area contributed by atoms with Gasteiger partial charge in [-0.3, -0.25) is 9.59 Å². The Morgan fingerprint density at radius 3 is 2.43 bits per heavy atom. The summed E-state index contributed by atoms with van der Waals surface area (Å²) in [6.07, 6.45) is 10.2. The van der Waals surface area contributed by atoms with Crippen LogP contribution in [0.5, 0.6) is 0 Å². The number of hydrogen-bond acceptors (Lipinski definition) is 9. The van der Waals surface area contributed by atoms with Crippen molar-refractivity contribution in [3.8, 4) is 0 Å². The lowest BCUT2D eigenvalue weighted by Gasteiger charge is -2.61. The average Bonchev–Trinajstić information content (AvgIpc) is 3.47. The molecular weight excluding hydrogens is 586 g/mol. The molecule has 0 aromatic rings. The fourth-order valence-corrected chi connectivity index (χ4v) is 12.8. The van der Waals surface area contributed by atoms with Gasteiger partial charge < -0.3 is 28.5 Å². The summed E-state index contributed by atoms with van der Waals surface area (Å²) in [5.74, 6) is -0.664. The summed E-state index contributed by atoms with van der Waals surface area (Å²) in [5, 5.41) is 4.37. The van der Waals surface area contributed by atoms with Gasteiger partial charge in [-0.25, -0.2) is 0 Å². The van der Waals surface area contributed by atoms with E-state index in [1.807, 2.05) is 0 Å². The Morgan fingerprint density at radius 1 is 1.07 bits per heavy atom. The largest absolute Gasteiger partial charge is 0.462 e. The molecule has 0 amide bonds. The summed E-state index contributed by atoms with van der Waals surface area (Å²) in [7, 11) is 4.95. The zero-order chi connectivity index (χ0) is 33.4. The van der Waals surface area contributed by atoms with Gasteiger partial charge >= 0.3 is 11.9 Å². The first-order chi connectivity index (χ1) is 21.7. The maximum absolute atomic E-state index is 12.8. The summed E-state index contributed by atoms with van der Waals surface area (Å²) in [6.45, 7) is 15.4. The summed E-state index contributed by atoms with van der Waals surface area (Å²) >= 11 is 0. The summed E-state index contributed by atoms with van der Waals surface area (Å²) < 4.78 is 31.0. The van der Waals surface area contributed by atoms with Crippen molar-refractivity contribution in [1.29, 1.82) is 0 Å². The van der Waals surface area contributed by atoms with Gasteiger partial charge in [0.2, 0.25) is 5.79 Å². The van der Waals surface area contributed by atoms with Crippen molar-refractivity contribution in [2.45, 2.75) is 105 Å². The van der Waals surface area contributed by atoms with E-state index in [2.05, 4.69) is 51.9 Å². The minimum absolute atomic E-state index is 0.0634.